The van der Waals surface area contributed by atoms with Gasteiger partial charge in [0, 0.05) is 18.9 Å². The lowest BCUT2D eigenvalue weighted by Gasteiger charge is -2.20. The molecule has 0 spiro atoms. The van der Waals surface area contributed by atoms with Gasteiger partial charge in [-0.1, -0.05) is 59.9 Å². The predicted molar refractivity (Wildman–Crippen MR) is 145 cm³/mol. The zero-order valence-electron chi connectivity index (χ0n) is 20.3. The second-order valence-electron chi connectivity index (χ2n) is 8.31. The first-order chi connectivity index (χ1) is 17.3. The van der Waals surface area contributed by atoms with E-state index in [1.165, 1.54) is 16.5 Å². The lowest BCUT2D eigenvalue weighted by Crippen LogP contribution is -2.23. The van der Waals surface area contributed by atoms with Crippen molar-refractivity contribution in [2.75, 3.05) is 11.6 Å². The quantitative estimate of drug-likeness (QED) is 0.246. The average molecular weight is 524 g/mol. The van der Waals surface area contributed by atoms with E-state index in [4.69, 9.17) is 21.3 Å². The summed E-state index contributed by atoms with van der Waals surface area (Å²) in [6, 6.07) is 16.7. The molecule has 10 heteroatoms. The first kappa shape index (κ1) is 25.5. The van der Waals surface area contributed by atoms with Gasteiger partial charge < -0.3 is 10.1 Å². The molecule has 0 bridgehead atoms. The summed E-state index contributed by atoms with van der Waals surface area (Å²) in [6.07, 6.45) is 1.75. The minimum atomic E-state index is -0.364. The van der Waals surface area contributed by atoms with Crippen LogP contribution in [0.1, 0.15) is 40.1 Å². The summed E-state index contributed by atoms with van der Waals surface area (Å²) in [5, 5.41) is 4.05. The molecule has 0 aliphatic carbocycles. The van der Waals surface area contributed by atoms with Crippen molar-refractivity contribution in [2.45, 2.75) is 26.5 Å². The second-order valence-corrected chi connectivity index (χ2v) is 9.31. The molecule has 0 fully saturated rings. The number of nitrogens with zero attached hydrogens (tertiary/aromatic N) is 3. The van der Waals surface area contributed by atoms with Gasteiger partial charge in [-0.3, -0.25) is 18.9 Å². The summed E-state index contributed by atoms with van der Waals surface area (Å²) in [5.74, 6) is -0.364. The van der Waals surface area contributed by atoms with Crippen LogP contribution >= 0.6 is 23.5 Å². The maximum Gasteiger partial charge on any atom is 0.299 e. The van der Waals surface area contributed by atoms with Crippen LogP contribution in [0.3, 0.4) is 0 Å². The van der Waals surface area contributed by atoms with E-state index in [0.717, 1.165) is 16.7 Å². The fraction of sp³-hybridized carbons (Fsp3) is 0.231. The van der Waals surface area contributed by atoms with E-state index < -0.39 is 0 Å². The van der Waals surface area contributed by atoms with Crippen LogP contribution in [0.15, 0.2) is 59.4 Å². The number of ether oxygens (including phenoxy) is 1. The Balaban J connectivity index is 1.74. The van der Waals surface area contributed by atoms with Gasteiger partial charge in [0.05, 0.1) is 22.6 Å². The van der Waals surface area contributed by atoms with Crippen molar-refractivity contribution >= 4 is 46.0 Å². The standard InChI is InChI=1S/C26H26ClN5O3S/c1-15-12-18(16(2)28-20-10-11-21(27)29-23(20)24(33)31-36-4)22-19(13-15)25(34)32(3)26(30-22)35-14-17-8-6-5-7-9-17/h5-13,16,28H,14H2,1-4H3,(H,31,33). The van der Waals surface area contributed by atoms with Crippen LogP contribution in [0.2, 0.25) is 5.15 Å². The van der Waals surface area contributed by atoms with Crippen LogP contribution in [-0.2, 0) is 13.7 Å². The number of aryl methyl sites for hydroxylation is 1. The molecule has 0 aliphatic heterocycles. The van der Waals surface area contributed by atoms with Crippen LogP contribution in [0.25, 0.3) is 10.9 Å². The number of halogens is 1. The molecule has 0 saturated heterocycles. The summed E-state index contributed by atoms with van der Waals surface area (Å²) >= 11 is 7.22. The highest BCUT2D eigenvalue weighted by molar-refractivity contribution is 7.97. The molecule has 36 heavy (non-hydrogen) atoms. The minimum Gasteiger partial charge on any atom is -0.460 e. The number of carbonyl (C=O) groups excluding carboxylic acids is 1. The van der Waals surface area contributed by atoms with E-state index in [1.807, 2.05) is 56.3 Å². The third kappa shape index (κ3) is 5.47. The maximum atomic E-state index is 13.2. The summed E-state index contributed by atoms with van der Waals surface area (Å²) in [6.45, 7) is 4.14. The van der Waals surface area contributed by atoms with Crippen molar-refractivity contribution < 1.29 is 9.53 Å². The van der Waals surface area contributed by atoms with Crippen molar-refractivity contribution in [1.29, 1.82) is 0 Å². The summed E-state index contributed by atoms with van der Waals surface area (Å²) < 4.78 is 10.0. The van der Waals surface area contributed by atoms with Gasteiger partial charge in [-0.15, -0.1) is 0 Å². The third-order valence-electron chi connectivity index (χ3n) is 5.63. The zero-order chi connectivity index (χ0) is 25.8. The Bertz CT molecular complexity index is 1480. The monoisotopic (exact) mass is 523 g/mol. The highest BCUT2D eigenvalue weighted by Gasteiger charge is 2.20. The molecule has 2 heterocycles. The van der Waals surface area contributed by atoms with Gasteiger partial charge in [-0.25, -0.2) is 4.98 Å². The largest absolute Gasteiger partial charge is 0.460 e. The molecule has 2 aromatic heterocycles. The number of nitrogens with one attached hydrogen (secondary N) is 2. The van der Waals surface area contributed by atoms with Crippen molar-refractivity contribution in [3.8, 4) is 6.01 Å². The number of aromatic nitrogens is 3. The number of anilines is 1. The molecular formula is C26H26ClN5O3S. The number of fused-ring (bicyclic) bond motifs is 1. The summed E-state index contributed by atoms with van der Waals surface area (Å²) in [4.78, 5) is 34.7. The molecule has 0 radical (unpaired) electrons. The SMILES string of the molecule is CSNC(=O)c1nc(Cl)ccc1NC(C)c1cc(C)cc2c(=O)n(C)c(OCc3ccccc3)nc12. The van der Waals surface area contributed by atoms with E-state index >= 15 is 0 Å². The Morgan fingerprint density at radius 1 is 1.17 bits per heavy atom. The Hall–Kier alpha value is -3.56. The highest BCUT2D eigenvalue weighted by atomic mass is 35.5. The number of carbonyl (C=O) groups is 1. The third-order valence-corrected chi connectivity index (χ3v) is 6.23. The first-order valence-corrected chi connectivity index (χ1v) is 12.8. The van der Waals surface area contributed by atoms with Gasteiger partial charge in [0.15, 0.2) is 5.69 Å². The van der Waals surface area contributed by atoms with Gasteiger partial charge in [0.25, 0.3) is 17.5 Å². The molecule has 1 unspecified atom stereocenters. The van der Waals surface area contributed by atoms with Crippen LogP contribution in [0.4, 0.5) is 5.69 Å². The lowest BCUT2D eigenvalue weighted by atomic mass is 10.0. The Morgan fingerprint density at radius 3 is 2.64 bits per heavy atom. The normalized spacial score (nSPS) is 11.8. The van der Waals surface area contributed by atoms with Crippen molar-refractivity contribution in [2.24, 2.45) is 7.05 Å². The van der Waals surface area contributed by atoms with Crippen LogP contribution < -0.4 is 20.3 Å². The molecule has 8 nitrogen and oxygen atoms in total. The fourth-order valence-corrected chi connectivity index (χ4v) is 4.32. The van der Waals surface area contributed by atoms with E-state index in [0.29, 0.717) is 16.6 Å². The second kappa shape index (κ2) is 11.0. The smallest absolute Gasteiger partial charge is 0.299 e. The van der Waals surface area contributed by atoms with E-state index in [9.17, 15) is 9.59 Å². The van der Waals surface area contributed by atoms with Gasteiger partial charge in [-0.05, 0) is 43.2 Å². The minimum absolute atomic E-state index is 0.177. The number of rotatable bonds is 8. The van der Waals surface area contributed by atoms with Crippen LogP contribution in [0, 0.1) is 6.92 Å². The van der Waals surface area contributed by atoms with Crippen molar-refractivity contribution in [3.63, 3.8) is 0 Å². The van der Waals surface area contributed by atoms with E-state index in [2.05, 4.69) is 15.0 Å². The molecule has 4 rings (SSSR count). The number of amides is 1. The number of hydrogen-bond donors (Lipinski definition) is 2. The zero-order valence-corrected chi connectivity index (χ0v) is 21.9. The average Bonchev–Trinajstić information content (AvgIpc) is 2.87. The van der Waals surface area contributed by atoms with E-state index in [1.54, 1.807) is 25.4 Å². The molecule has 0 saturated carbocycles. The molecule has 2 aromatic carbocycles. The molecule has 4 aromatic rings. The molecule has 2 N–H and O–H groups in total. The number of benzene rings is 2. The van der Waals surface area contributed by atoms with E-state index in [-0.39, 0.29) is 41.0 Å². The Morgan fingerprint density at radius 2 is 1.92 bits per heavy atom. The lowest BCUT2D eigenvalue weighted by molar-refractivity contribution is 0.0980. The number of hydrogen-bond acceptors (Lipinski definition) is 7. The summed E-state index contributed by atoms with van der Waals surface area (Å²) in [5.41, 5.74) is 3.69. The van der Waals surface area contributed by atoms with Gasteiger partial charge in [0.1, 0.15) is 11.8 Å². The highest BCUT2D eigenvalue weighted by Crippen LogP contribution is 2.29. The van der Waals surface area contributed by atoms with Gasteiger partial charge >= 0.3 is 0 Å². The topological polar surface area (TPSA) is 98.1 Å². The molecular weight excluding hydrogens is 498 g/mol. The molecule has 1 amide bonds. The van der Waals surface area contributed by atoms with Crippen LogP contribution in [0.5, 0.6) is 6.01 Å². The molecule has 186 valence electrons. The Kier molecular flexibility index (Phi) is 7.81. The molecule has 1 atom stereocenters. The van der Waals surface area contributed by atoms with Crippen LogP contribution in [-0.4, -0.2) is 26.7 Å². The van der Waals surface area contributed by atoms with Gasteiger partial charge in [0.2, 0.25) is 0 Å². The first-order valence-electron chi connectivity index (χ1n) is 11.2. The number of pyridine rings is 1. The van der Waals surface area contributed by atoms with Gasteiger partial charge in [-0.2, -0.15) is 4.98 Å². The Labute approximate surface area is 218 Å². The van der Waals surface area contributed by atoms with Crippen molar-refractivity contribution in [3.05, 3.63) is 92.5 Å². The maximum absolute atomic E-state index is 13.2. The molecule has 0 aliphatic rings. The predicted octanol–water partition coefficient (Wildman–Crippen LogP) is 5.05. The van der Waals surface area contributed by atoms with Crippen molar-refractivity contribution in [1.82, 2.24) is 19.3 Å². The fourth-order valence-electron chi connectivity index (χ4n) is 3.89. The summed E-state index contributed by atoms with van der Waals surface area (Å²) in [7, 11) is 1.65.